The van der Waals surface area contributed by atoms with E-state index in [0.29, 0.717) is 25.4 Å². The van der Waals surface area contributed by atoms with Gasteiger partial charge in [0.2, 0.25) is 0 Å². The molecule has 188 valence electrons. The van der Waals surface area contributed by atoms with Crippen LogP contribution in [0.1, 0.15) is 36.2 Å². The van der Waals surface area contributed by atoms with Crippen molar-refractivity contribution in [2.45, 2.75) is 45.6 Å². The number of anilines is 2. The van der Waals surface area contributed by atoms with Crippen molar-refractivity contribution in [1.29, 1.82) is 0 Å². The van der Waals surface area contributed by atoms with Gasteiger partial charge in [-0.15, -0.1) is 0 Å². The fourth-order valence-electron chi connectivity index (χ4n) is 4.72. The molecule has 4 heterocycles. The lowest BCUT2D eigenvalue weighted by molar-refractivity contribution is 0.0378. The molecule has 2 atom stereocenters. The van der Waals surface area contributed by atoms with E-state index < -0.39 is 0 Å². The zero-order valence-corrected chi connectivity index (χ0v) is 22.2. The maximum atomic E-state index is 12.4. The molecule has 2 aromatic carbocycles. The molecule has 0 amide bonds. The molecule has 0 radical (unpaired) electrons. The van der Waals surface area contributed by atoms with Crippen LogP contribution in [0.15, 0.2) is 91.4 Å². The van der Waals surface area contributed by atoms with Crippen molar-refractivity contribution in [2.75, 3.05) is 29.9 Å². The van der Waals surface area contributed by atoms with E-state index in [1.165, 1.54) is 25.1 Å². The number of nitrogens with one attached hydrogen (secondary N) is 2. The standard InChI is InChI=1S/C28H27N5O2S2/c1-17(21-10-12-29-18(2)32-21)31-19-8-9-24-26(15-19)36-25-7-3-5-20(27(25)37-24)23-16-33(13-14-35-23)22-6-4-11-30-28(22)34/h3-12,15,17,23,31H,13-14,16H2,1-2H3,(H,30,34). The first-order valence-corrected chi connectivity index (χ1v) is 13.9. The summed E-state index contributed by atoms with van der Waals surface area (Å²) < 4.78 is 6.23. The van der Waals surface area contributed by atoms with E-state index in [9.17, 15) is 4.79 Å². The molecule has 0 bridgehead atoms. The number of rotatable bonds is 5. The Kier molecular flexibility index (Phi) is 6.67. The van der Waals surface area contributed by atoms with Gasteiger partial charge in [0.25, 0.3) is 5.56 Å². The highest BCUT2D eigenvalue weighted by Gasteiger charge is 2.29. The van der Waals surface area contributed by atoms with Gasteiger partial charge in [-0.05, 0) is 61.9 Å². The Balaban J connectivity index is 1.22. The van der Waals surface area contributed by atoms with Gasteiger partial charge in [-0.25, -0.2) is 9.97 Å². The summed E-state index contributed by atoms with van der Waals surface area (Å²) in [6.45, 7) is 5.94. The largest absolute Gasteiger partial charge is 0.377 e. The van der Waals surface area contributed by atoms with Gasteiger partial charge in [-0.1, -0.05) is 35.7 Å². The maximum Gasteiger partial charge on any atom is 0.271 e. The molecule has 9 heteroatoms. The van der Waals surface area contributed by atoms with Crippen LogP contribution in [0.25, 0.3) is 0 Å². The SMILES string of the molecule is Cc1nccc(C(C)Nc2ccc3c(c2)Sc2cccc(C4CN(c5ccc[nH]c5=O)CCO4)c2S3)n1. The fraction of sp³-hybridized carbons (Fsp3) is 0.250. The molecular formula is C28H27N5O2S2. The number of nitrogens with zero attached hydrogens (tertiary/aromatic N) is 3. The fourth-order valence-corrected chi connectivity index (χ4v) is 7.17. The first kappa shape index (κ1) is 24.1. The number of aromatic nitrogens is 3. The number of ether oxygens (including phenoxy) is 1. The van der Waals surface area contributed by atoms with Gasteiger partial charge >= 0.3 is 0 Å². The average molecular weight is 530 g/mol. The van der Waals surface area contributed by atoms with Crippen LogP contribution >= 0.6 is 23.5 Å². The number of hydrogen-bond donors (Lipinski definition) is 2. The summed E-state index contributed by atoms with van der Waals surface area (Å²) in [4.78, 5) is 30.9. The first-order valence-electron chi connectivity index (χ1n) is 12.3. The topological polar surface area (TPSA) is 83.1 Å². The van der Waals surface area contributed by atoms with Crippen LogP contribution in [0.4, 0.5) is 11.4 Å². The van der Waals surface area contributed by atoms with Gasteiger partial charge in [-0.3, -0.25) is 4.79 Å². The van der Waals surface area contributed by atoms with E-state index in [-0.39, 0.29) is 17.7 Å². The molecule has 37 heavy (non-hydrogen) atoms. The van der Waals surface area contributed by atoms with E-state index >= 15 is 0 Å². The molecule has 6 rings (SSSR count). The summed E-state index contributed by atoms with van der Waals surface area (Å²) >= 11 is 3.58. The Morgan fingerprint density at radius 1 is 1.11 bits per heavy atom. The first-order chi connectivity index (χ1) is 18.0. The third-order valence-electron chi connectivity index (χ3n) is 6.56. The molecule has 0 aliphatic carbocycles. The number of hydrogen-bond acceptors (Lipinski definition) is 8. The van der Waals surface area contributed by atoms with Crippen LogP contribution in [0.3, 0.4) is 0 Å². The lowest BCUT2D eigenvalue weighted by Gasteiger charge is -2.35. The van der Waals surface area contributed by atoms with Crippen molar-refractivity contribution in [1.82, 2.24) is 15.0 Å². The van der Waals surface area contributed by atoms with Crippen LogP contribution in [-0.4, -0.2) is 34.6 Å². The van der Waals surface area contributed by atoms with Crippen LogP contribution in [0, 0.1) is 6.92 Å². The van der Waals surface area contributed by atoms with E-state index in [4.69, 9.17) is 4.74 Å². The van der Waals surface area contributed by atoms with Gasteiger partial charge in [0.05, 0.1) is 18.3 Å². The van der Waals surface area contributed by atoms with E-state index in [1.807, 2.05) is 25.1 Å². The highest BCUT2D eigenvalue weighted by atomic mass is 32.2. The Labute approximate surface area is 224 Å². The third kappa shape index (κ3) is 4.99. The number of pyridine rings is 1. The average Bonchev–Trinajstić information content (AvgIpc) is 2.92. The van der Waals surface area contributed by atoms with Crippen molar-refractivity contribution in [3.63, 3.8) is 0 Å². The summed E-state index contributed by atoms with van der Waals surface area (Å²) in [7, 11) is 0. The van der Waals surface area contributed by atoms with Gasteiger partial charge in [-0.2, -0.15) is 0 Å². The predicted molar refractivity (Wildman–Crippen MR) is 148 cm³/mol. The number of fused-ring (bicyclic) bond motifs is 2. The van der Waals surface area contributed by atoms with Crippen molar-refractivity contribution in [3.05, 3.63) is 94.4 Å². The van der Waals surface area contributed by atoms with E-state index in [2.05, 4.69) is 68.5 Å². The van der Waals surface area contributed by atoms with E-state index in [0.717, 1.165) is 17.2 Å². The molecular weight excluding hydrogens is 502 g/mol. The highest BCUT2D eigenvalue weighted by Crippen LogP contribution is 2.52. The monoisotopic (exact) mass is 529 g/mol. The van der Waals surface area contributed by atoms with Gasteiger partial charge in [0.1, 0.15) is 17.6 Å². The lowest BCUT2D eigenvalue weighted by Crippen LogP contribution is -2.41. The predicted octanol–water partition coefficient (Wildman–Crippen LogP) is 5.84. The molecule has 7 nitrogen and oxygen atoms in total. The normalized spacial score (nSPS) is 17.6. The summed E-state index contributed by atoms with van der Waals surface area (Å²) in [6.07, 6.45) is 3.37. The number of benzene rings is 2. The van der Waals surface area contributed by atoms with Crippen LogP contribution in [-0.2, 0) is 4.74 Å². The van der Waals surface area contributed by atoms with Crippen LogP contribution in [0.2, 0.25) is 0 Å². The summed E-state index contributed by atoms with van der Waals surface area (Å²) in [5.41, 5.74) is 3.84. The van der Waals surface area contributed by atoms with Crippen molar-refractivity contribution < 1.29 is 4.74 Å². The second-order valence-electron chi connectivity index (χ2n) is 9.12. The zero-order valence-electron chi connectivity index (χ0n) is 20.6. The molecule has 4 aromatic rings. The zero-order chi connectivity index (χ0) is 25.4. The highest BCUT2D eigenvalue weighted by molar-refractivity contribution is 8.05. The van der Waals surface area contributed by atoms with Crippen molar-refractivity contribution >= 4 is 34.9 Å². The smallest absolute Gasteiger partial charge is 0.271 e. The molecule has 2 aliphatic heterocycles. The van der Waals surface area contributed by atoms with Crippen molar-refractivity contribution in [3.8, 4) is 0 Å². The molecule has 2 aromatic heterocycles. The number of aryl methyl sites for hydroxylation is 1. The van der Waals surface area contributed by atoms with Gasteiger partial charge in [0.15, 0.2) is 0 Å². The molecule has 1 fully saturated rings. The summed E-state index contributed by atoms with van der Waals surface area (Å²) in [5, 5.41) is 3.58. The Bertz CT molecular complexity index is 1510. The number of H-pyrrole nitrogens is 1. The second-order valence-corrected chi connectivity index (χ2v) is 11.3. The van der Waals surface area contributed by atoms with Gasteiger partial charge < -0.3 is 19.9 Å². The summed E-state index contributed by atoms with van der Waals surface area (Å²) in [6, 6.07) is 18.7. The number of aromatic amines is 1. The Morgan fingerprint density at radius 3 is 2.89 bits per heavy atom. The Morgan fingerprint density at radius 2 is 2.03 bits per heavy atom. The Hall–Kier alpha value is -3.27. The van der Waals surface area contributed by atoms with E-state index in [1.54, 1.807) is 35.9 Å². The van der Waals surface area contributed by atoms with Crippen molar-refractivity contribution in [2.24, 2.45) is 0 Å². The molecule has 2 aliphatic rings. The van der Waals surface area contributed by atoms with Gasteiger partial charge in [0, 0.05) is 50.8 Å². The molecule has 0 saturated carbocycles. The minimum absolute atomic E-state index is 0.0642. The second kappa shape index (κ2) is 10.2. The third-order valence-corrected chi connectivity index (χ3v) is 9.17. The van der Waals surface area contributed by atoms with Crippen LogP contribution < -0.4 is 15.8 Å². The number of morpholine rings is 1. The maximum absolute atomic E-state index is 12.4. The minimum atomic E-state index is -0.101. The minimum Gasteiger partial charge on any atom is -0.377 e. The quantitative estimate of drug-likeness (QED) is 0.294. The van der Waals surface area contributed by atoms with Crippen LogP contribution in [0.5, 0.6) is 0 Å². The lowest BCUT2D eigenvalue weighted by atomic mass is 10.1. The molecule has 1 saturated heterocycles. The molecule has 0 spiro atoms. The molecule has 2 N–H and O–H groups in total. The summed E-state index contributed by atoms with van der Waals surface area (Å²) in [5.74, 6) is 0.775. The molecule has 2 unspecified atom stereocenters.